The Bertz CT molecular complexity index is 761. The Morgan fingerprint density at radius 1 is 1.28 bits per heavy atom. The summed E-state index contributed by atoms with van der Waals surface area (Å²) >= 11 is 6.21. The normalized spacial score (nSPS) is 16.4. The van der Waals surface area contributed by atoms with Crippen LogP contribution in [0.15, 0.2) is 24.7 Å². The van der Waals surface area contributed by atoms with Gasteiger partial charge in [-0.1, -0.05) is 30.9 Å². The molecule has 6 nitrogen and oxygen atoms in total. The van der Waals surface area contributed by atoms with Crippen LogP contribution in [0.2, 0.25) is 5.02 Å². The number of amides is 1. The van der Waals surface area contributed by atoms with E-state index in [9.17, 15) is 4.79 Å². The topological polar surface area (TPSA) is 93.8 Å². The second-order valence-corrected chi connectivity index (χ2v) is 6.94. The Hall–Kier alpha value is -2.21. The minimum atomic E-state index is -0.605. The summed E-state index contributed by atoms with van der Waals surface area (Å²) in [6.45, 7) is 2.19. The van der Waals surface area contributed by atoms with E-state index in [0.29, 0.717) is 34.1 Å². The van der Waals surface area contributed by atoms with Crippen molar-refractivity contribution in [3.8, 4) is 11.3 Å². The monoisotopic (exact) mass is 359 g/mol. The van der Waals surface area contributed by atoms with E-state index in [1.807, 2.05) is 0 Å². The number of pyridine rings is 1. The van der Waals surface area contributed by atoms with Gasteiger partial charge in [0.2, 0.25) is 0 Å². The molecule has 2 heterocycles. The molecule has 3 N–H and O–H groups in total. The maximum Gasteiger partial charge on any atom is 0.267 e. The summed E-state index contributed by atoms with van der Waals surface area (Å²) < 4.78 is 0. The van der Waals surface area contributed by atoms with E-state index in [-0.39, 0.29) is 5.69 Å². The highest BCUT2D eigenvalue weighted by Crippen LogP contribution is 2.29. The Labute approximate surface area is 152 Å². The molecule has 0 unspecified atom stereocenters. The molecule has 7 heteroatoms. The van der Waals surface area contributed by atoms with Gasteiger partial charge in [-0.05, 0) is 31.7 Å². The first-order chi connectivity index (χ1) is 12.0. The molecule has 0 bridgehead atoms. The first kappa shape index (κ1) is 17.6. The first-order valence-corrected chi connectivity index (χ1v) is 8.96. The molecule has 0 radical (unpaired) electrons. The Morgan fingerprint density at radius 2 is 2.04 bits per heavy atom. The molecule has 1 aliphatic carbocycles. The van der Waals surface area contributed by atoms with Crippen LogP contribution in [0.3, 0.4) is 0 Å². The fourth-order valence-corrected chi connectivity index (χ4v) is 3.52. The van der Waals surface area contributed by atoms with Gasteiger partial charge in [0.15, 0.2) is 0 Å². The summed E-state index contributed by atoms with van der Waals surface area (Å²) in [7, 11) is 0. The molecular formula is C18H22ClN5O. The zero-order valence-corrected chi connectivity index (χ0v) is 15.0. The third kappa shape index (κ3) is 4.25. The van der Waals surface area contributed by atoms with Crippen molar-refractivity contribution in [1.82, 2.24) is 15.0 Å². The number of rotatable bonds is 5. The van der Waals surface area contributed by atoms with Crippen LogP contribution in [-0.2, 0) is 0 Å². The van der Waals surface area contributed by atoms with E-state index in [0.717, 1.165) is 0 Å². The van der Waals surface area contributed by atoms with E-state index < -0.39 is 5.91 Å². The van der Waals surface area contributed by atoms with E-state index in [4.69, 9.17) is 17.3 Å². The maximum absolute atomic E-state index is 11.4. The van der Waals surface area contributed by atoms with Gasteiger partial charge in [0.05, 0.1) is 23.1 Å². The molecule has 0 aromatic carbocycles. The lowest BCUT2D eigenvalue weighted by atomic mass is 9.84. The highest BCUT2D eigenvalue weighted by molar-refractivity contribution is 6.33. The van der Waals surface area contributed by atoms with Crippen molar-refractivity contribution >= 4 is 23.3 Å². The molecule has 2 aromatic heterocycles. The second kappa shape index (κ2) is 7.78. The van der Waals surface area contributed by atoms with E-state index >= 15 is 0 Å². The number of nitrogens with zero attached hydrogens (tertiary/aromatic N) is 3. The average molecular weight is 360 g/mol. The van der Waals surface area contributed by atoms with E-state index in [1.165, 1.54) is 38.3 Å². The highest BCUT2D eigenvalue weighted by atomic mass is 35.5. The van der Waals surface area contributed by atoms with Crippen LogP contribution in [0, 0.1) is 5.92 Å². The smallest absolute Gasteiger partial charge is 0.267 e. The molecule has 1 saturated carbocycles. The first-order valence-electron chi connectivity index (χ1n) is 8.59. The van der Waals surface area contributed by atoms with Gasteiger partial charge in [-0.25, -0.2) is 9.97 Å². The molecule has 1 amide bonds. The van der Waals surface area contributed by atoms with E-state index in [1.54, 1.807) is 18.5 Å². The predicted octanol–water partition coefficient (Wildman–Crippen LogP) is 3.67. The lowest BCUT2D eigenvalue weighted by molar-refractivity contribution is 0.0995. The maximum atomic E-state index is 11.4. The van der Waals surface area contributed by atoms with Gasteiger partial charge in [-0.3, -0.25) is 9.78 Å². The number of nitrogens with one attached hydrogen (secondary N) is 1. The second-order valence-electron chi connectivity index (χ2n) is 6.53. The van der Waals surface area contributed by atoms with Gasteiger partial charge < -0.3 is 11.1 Å². The van der Waals surface area contributed by atoms with Crippen molar-refractivity contribution in [3.63, 3.8) is 0 Å². The number of halogens is 1. The van der Waals surface area contributed by atoms with Crippen LogP contribution in [0.1, 0.15) is 49.5 Å². The molecular weight excluding hydrogens is 338 g/mol. The molecule has 1 aliphatic rings. The summed E-state index contributed by atoms with van der Waals surface area (Å²) in [5, 5.41) is 3.85. The Morgan fingerprint density at radius 3 is 2.76 bits per heavy atom. The minimum absolute atomic E-state index is 0.148. The summed E-state index contributed by atoms with van der Waals surface area (Å²) in [5.41, 5.74) is 6.61. The lowest BCUT2D eigenvalue weighted by Crippen LogP contribution is -2.28. The fourth-order valence-electron chi connectivity index (χ4n) is 3.32. The predicted molar refractivity (Wildman–Crippen MR) is 98.5 cm³/mol. The van der Waals surface area contributed by atoms with Crippen molar-refractivity contribution < 1.29 is 4.79 Å². The summed E-state index contributed by atoms with van der Waals surface area (Å²) in [6, 6.07) is 1.88. The average Bonchev–Trinajstić information content (AvgIpc) is 2.63. The molecule has 25 heavy (non-hydrogen) atoms. The van der Waals surface area contributed by atoms with Gasteiger partial charge in [0, 0.05) is 17.8 Å². The lowest BCUT2D eigenvalue weighted by Gasteiger charge is -2.28. The third-order valence-corrected chi connectivity index (χ3v) is 5.05. The molecule has 132 valence electrons. The molecule has 1 atom stereocenters. The number of anilines is 1. The third-order valence-electron chi connectivity index (χ3n) is 4.75. The molecule has 1 fully saturated rings. The molecule has 2 aromatic rings. The Kier molecular flexibility index (Phi) is 5.48. The van der Waals surface area contributed by atoms with Crippen LogP contribution in [0.4, 0.5) is 5.82 Å². The van der Waals surface area contributed by atoms with Crippen LogP contribution in [-0.4, -0.2) is 26.9 Å². The van der Waals surface area contributed by atoms with Crippen LogP contribution in [0.25, 0.3) is 11.3 Å². The summed E-state index contributed by atoms with van der Waals surface area (Å²) in [5.74, 6) is 0.750. The zero-order chi connectivity index (χ0) is 17.8. The van der Waals surface area contributed by atoms with Gasteiger partial charge in [-0.2, -0.15) is 0 Å². The highest BCUT2D eigenvalue weighted by Gasteiger charge is 2.20. The minimum Gasteiger partial charge on any atom is -0.366 e. The number of carbonyl (C=O) groups is 1. The zero-order valence-electron chi connectivity index (χ0n) is 14.2. The number of hydrogen-bond donors (Lipinski definition) is 2. The van der Waals surface area contributed by atoms with Crippen molar-refractivity contribution in [1.29, 1.82) is 0 Å². The van der Waals surface area contributed by atoms with Gasteiger partial charge in [0.1, 0.15) is 11.5 Å². The van der Waals surface area contributed by atoms with Crippen molar-refractivity contribution in [3.05, 3.63) is 35.4 Å². The standard InChI is InChI=1S/C18H22ClN5O/c1-11(12-5-3-2-4-6-12)23-17-10-21-9-16(24-17)13-7-15(18(20)25)22-8-14(13)19/h7-12H,2-6H2,1H3,(H2,20,25)(H,23,24)/t11-/m0/s1. The molecule has 0 saturated heterocycles. The van der Waals surface area contributed by atoms with Crippen LogP contribution >= 0.6 is 11.6 Å². The van der Waals surface area contributed by atoms with Crippen LogP contribution in [0.5, 0.6) is 0 Å². The molecule has 0 spiro atoms. The number of nitrogens with two attached hydrogens (primary N) is 1. The fraction of sp³-hybridized carbons (Fsp3) is 0.444. The van der Waals surface area contributed by atoms with E-state index in [2.05, 4.69) is 27.2 Å². The summed E-state index contributed by atoms with van der Waals surface area (Å²) in [6.07, 6.45) is 11.1. The van der Waals surface area contributed by atoms with Gasteiger partial charge in [0.25, 0.3) is 5.91 Å². The van der Waals surface area contributed by atoms with Crippen molar-refractivity contribution in [2.75, 3.05) is 5.32 Å². The quantitative estimate of drug-likeness (QED) is 0.849. The van der Waals surface area contributed by atoms with Gasteiger partial charge >= 0.3 is 0 Å². The number of carbonyl (C=O) groups excluding carboxylic acids is 1. The number of aromatic nitrogens is 3. The van der Waals surface area contributed by atoms with Gasteiger partial charge in [-0.15, -0.1) is 0 Å². The molecule has 3 rings (SSSR count). The number of primary amides is 1. The largest absolute Gasteiger partial charge is 0.366 e. The van der Waals surface area contributed by atoms with Crippen molar-refractivity contribution in [2.45, 2.75) is 45.1 Å². The summed E-state index contributed by atoms with van der Waals surface area (Å²) in [4.78, 5) is 24.1. The SMILES string of the molecule is C[C@H](Nc1cncc(-c2cc(C(N)=O)ncc2Cl)n1)C1CCCCC1. The van der Waals surface area contributed by atoms with Crippen LogP contribution < -0.4 is 11.1 Å². The number of hydrogen-bond acceptors (Lipinski definition) is 5. The van der Waals surface area contributed by atoms with Crippen molar-refractivity contribution in [2.24, 2.45) is 11.7 Å². The molecule has 0 aliphatic heterocycles. The Balaban J connectivity index is 1.82.